The Morgan fingerprint density at radius 2 is 0.877 bits per heavy atom. The first-order valence-electron chi connectivity index (χ1n) is 19.6. The molecule has 0 atom stereocenters. The second-order valence-corrected chi connectivity index (χ2v) is 14.9. The summed E-state index contributed by atoms with van der Waals surface area (Å²) in [4.78, 5) is 2.43. The fourth-order valence-electron chi connectivity index (χ4n) is 9.33. The fraction of sp³-hybridized carbons (Fsp3) is 0. The number of aromatic nitrogens is 2. The second-order valence-electron chi connectivity index (χ2n) is 14.9. The molecule has 0 bridgehead atoms. The molecule has 3 heteroatoms. The monoisotopic (exact) mass is 725 g/mol. The summed E-state index contributed by atoms with van der Waals surface area (Å²) in [6.07, 6.45) is 0. The van der Waals surface area contributed by atoms with Crippen LogP contribution in [0.5, 0.6) is 0 Å². The molecule has 12 rings (SSSR count). The van der Waals surface area contributed by atoms with Gasteiger partial charge < -0.3 is 13.9 Å². The zero-order chi connectivity index (χ0) is 37.5. The number of rotatable bonds is 6. The minimum absolute atomic E-state index is 1.10. The van der Waals surface area contributed by atoms with Crippen LogP contribution in [0, 0.1) is 0 Å². The van der Waals surface area contributed by atoms with Gasteiger partial charge in [0, 0.05) is 54.9 Å². The summed E-state index contributed by atoms with van der Waals surface area (Å²) < 4.78 is 4.85. The van der Waals surface area contributed by atoms with E-state index < -0.39 is 0 Å². The minimum Gasteiger partial charge on any atom is -0.310 e. The molecule has 3 aromatic heterocycles. The van der Waals surface area contributed by atoms with Crippen molar-refractivity contribution in [3.8, 4) is 27.9 Å². The van der Waals surface area contributed by atoms with Crippen LogP contribution in [0.25, 0.3) is 87.8 Å². The minimum atomic E-state index is 1.10. The zero-order valence-corrected chi connectivity index (χ0v) is 31.0. The predicted octanol–water partition coefficient (Wildman–Crippen LogP) is 14.7. The van der Waals surface area contributed by atoms with Crippen molar-refractivity contribution in [1.29, 1.82) is 0 Å². The largest absolute Gasteiger partial charge is 0.310 e. The number of hydrogen-bond donors (Lipinski definition) is 0. The quantitative estimate of drug-likeness (QED) is 0.166. The van der Waals surface area contributed by atoms with E-state index >= 15 is 0 Å². The summed E-state index contributed by atoms with van der Waals surface area (Å²) in [5.41, 5.74) is 15.4. The van der Waals surface area contributed by atoms with Crippen LogP contribution in [0.2, 0.25) is 0 Å². The summed E-state index contributed by atoms with van der Waals surface area (Å²) in [6, 6.07) is 77.4. The summed E-state index contributed by atoms with van der Waals surface area (Å²) in [5.74, 6) is 0. The standard InChI is InChI=1S/C54H35N3/c1-3-14-36(15-4-1)37-26-29-40(30-27-37)55(41-31-33-52-48(35-41)44-20-9-11-24-50(44)56(52)39-16-5-2-6-17-39)49-23-10-7-18-42(49)38-28-32-45-47-22-13-21-46-43-19-8-12-25-51(43)57(54(46)47)53(45)34-38/h1-35H. The molecular weight excluding hydrogens is 691 g/mol. The Hall–Kier alpha value is -7.62. The highest BCUT2D eigenvalue weighted by Gasteiger charge is 2.22. The molecule has 3 heterocycles. The maximum atomic E-state index is 2.47. The highest BCUT2D eigenvalue weighted by Crippen LogP contribution is 2.45. The van der Waals surface area contributed by atoms with Gasteiger partial charge in [0.25, 0.3) is 0 Å². The molecule has 0 N–H and O–H groups in total. The maximum Gasteiger partial charge on any atom is 0.0620 e. The normalized spacial score (nSPS) is 11.9. The van der Waals surface area contributed by atoms with E-state index in [0.29, 0.717) is 0 Å². The molecule has 57 heavy (non-hydrogen) atoms. The van der Waals surface area contributed by atoms with Crippen molar-refractivity contribution in [2.24, 2.45) is 0 Å². The molecule has 0 saturated heterocycles. The molecular formula is C54H35N3. The number of fused-ring (bicyclic) bond motifs is 9. The summed E-state index contributed by atoms with van der Waals surface area (Å²) in [6.45, 7) is 0. The number of nitrogens with zero attached hydrogens (tertiary/aromatic N) is 3. The topological polar surface area (TPSA) is 12.6 Å². The van der Waals surface area contributed by atoms with Crippen molar-refractivity contribution < 1.29 is 0 Å². The Morgan fingerprint density at radius 3 is 1.67 bits per heavy atom. The number of anilines is 3. The first kappa shape index (κ1) is 31.7. The molecule has 0 radical (unpaired) electrons. The SMILES string of the molecule is c1ccc(-c2ccc(N(c3ccc4c(c3)c3ccccc3n4-c3ccccc3)c3ccccc3-c3ccc4c5cccc6c7ccccc7n(c4c3)c65)cc2)cc1. The molecule has 0 fully saturated rings. The van der Waals surface area contributed by atoms with Gasteiger partial charge in [-0.1, -0.05) is 146 Å². The lowest BCUT2D eigenvalue weighted by Gasteiger charge is -2.28. The van der Waals surface area contributed by atoms with E-state index in [-0.39, 0.29) is 0 Å². The average Bonchev–Trinajstić information content (AvgIpc) is 3.92. The summed E-state index contributed by atoms with van der Waals surface area (Å²) >= 11 is 0. The third-order valence-electron chi connectivity index (χ3n) is 11.8. The fourth-order valence-corrected chi connectivity index (χ4v) is 9.33. The van der Waals surface area contributed by atoms with Gasteiger partial charge in [-0.2, -0.15) is 0 Å². The number of benzene rings is 9. The highest BCUT2D eigenvalue weighted by atomic mass is 15.1. The lowest BCUT2D eigenvalue weighted by atomic mass is 9.99. The Balaban J connectivity index is 1.09. The van der Waals surface area contributed by atoms with E-state index in [1.165, 1.54) is 82.2 Å². The van der Waals surface area contributed by atoms with Gasteiger partial charge in [0.15, 0.2) is 0 Å². The van der Waals surface area contributed by atoms with Crippen molar-refractivity contribution in [3.63, 3.8) is 0 Å². The second kappa shape index (κ2) is 12.5. The highest BCUT2D eigenvalue weighted by molar-refractivity contribution is 6.23. The van der Waals surface area contributed by atoms with E-state index in [2.05, 4.69) is 226 Å². The molecule has 0 spiro atoms. The lowest BCUT2D eigenvalue weighted by molar-refractivity contribution is 1.18. The van der Waals surface area contributed by atoms with Crippen LogP contribution in [-0.4, -0.2) is 8.97 Å². The van der Waals surface area contributed by atoms with E-state index in [1.807, 2.05) is 0 Å². The van der Waals surface area contributed by atoms with E-state index in [0.717, 1.165) is 22.7 Å². The zero-order valence-electron chi connectivity index (χ0n) is 31.0. The van der Waals surface area contributed by atoms with Crippen molar-refractivity contribution in [1.82, 2.24) is 8.97 Å². The van der Waals surface area contributed by atoms with Gasteiger partial charge in [0.1, 0.15) is 0 Å². The van der Waals surface area contributed by atoms with E-state index in [4.69, 9.17) is 0 Å². The van der Waals surface area contributed by atoms with E-state index in [1.54, 1.807) is 0 Å². The van der Waals surface area contributed by atoms with Crippen LogP contribution in [0.15, 0.2) is 212 Å². The molecule has 0 aliphatic rings. The van der Waals surface area contributed by atoms with Crippen LogP contribution in [0.1, 0.15) is 0 Å². The third kappa shape index (κ3) is 4.79. The Bertz CT molecular complexity index is 3450. The Morgan fingerprint density at radius 1 is 0.316 bits per heavy atom. The molecule has 3 nitrogen and oxygen atoms in total. The van der Waals surface area contributed by atoms with Crippen molar-refractivity contribution >= 4 is 77.0 Å². The molecule has 0 aliphatic heterocycles. The van der Waals surface area contributed by atoms with Crippen molar-refractivity contribution in [2.45, 2.75) is 0 Å². The van der Waals surface area contributed by atoms with Gasteiger partial charge in [-0.3, -0.25) is 0 Å². The van der Waals surface area contributed by atoms with Gasteiger partial charge >= 0.3 is 0 Å². The first-order chi connectivity index (χ1) is 28.3. The summed E-state index contributed by atoms with van der Waals surface area (Å²) in [7, 11) is 0. The number of hydrogen-bond acceptors (Lipinski definition) is 1. The number of para-hydroxylation sites is 5. The first-order valence-corrected chi connectivity index (χ1v) is 19.6. The van der Waals surface area contributed by atoms with Crippen LogP contribution >= 0.6 is 0 Å². The van der Waals surface area contributed by atoms with Crippen LogP contribution in [-0.2, 0) is 0 Å². The van der Waals surface area contributed by atoms with Gasteiger partial charge in [-0.05, 0) is 83.4 Å². The molecule has 0 saturated carbocycles. The van der Waals surface area contributed by atoms with Gasteiger partial charge in [0.2, 0.25) is 0 Å². The van der Waals surface area contributed by atoms with Gasteiger partial charge in [0.05, 0.1) is 33.3 Å². The van der Waals surface area contributed by atoms with Crippen LogP contribution in [0.4, 0.5) is 17.1 Å². The molecule has 0 unspecified atom stereocenters. The molecule has 0 amide bonds. The van der Waals surface area contributed by atoms with Gasteiger partial charge in [-0.25, -0.2) is 0 Å². The average molecular weight is 726 g/mol. The predicted molar refractivity (Wildman–Crippen MR) is 241 cm³/mol. The molecule has 9 aromatic carbocycles. The van der Waals surface area contributed by atoms with Gasteiger partial charge in [-0.15, -0.1) is 0 Å². The van der Waals surface area contributed by atoms with Crippen LogP contribution in [0.3, 0.4) is 0 Å². The van der Waals surface area contributed by atoms with Crippen molar-refractivity contribution in [3.05, 3.63) is 212 Å². The molecule has 12 aromatic rings. The van der Waals surface area contributed by atoms with Crippen LogP contribution < -0.4 is 4.90 Å². The maximum absolute atomic E-state index is 2.47. The Kier molecular flexibility index (Phi) is 6.93. The molecule has 0 aliphatic carbocycles. The van der Waals surface area contributed by atoms with E-state index in [9.17, 15) is 0 Å². The smallest absolute Gasteiger partial charge is 0.0620 e. The summed E-state index contributed by atoms with van der Waals surface area (Å²) in [5, 5.41) is 7.61. The van der Waals surface area contributed by atoms with Crippen molar-refractivity contribution in [2.75, 3.05) is 4.90 Å². The third-order valence-corrected chi connectivity index (χ3v) is 11.8. The molecule has 266 valence electrons. The Labute approximate surface area is 329 Å². The lowest BCUT2D eigenvalue weighted by Crippen LogP contribution is -2.11.